The number of nitrogens with one attached hydrogen (secondary N) is 2. The highest BCUT2D eigenvalue weighted by Crippen LogP contribution is 2.15. The quantitative estimate of drug-likeness (QED) is 0.577. The van der Waals surface area contributed by atoms with E-state index < -0.39 is 0 Å². The molecule has 1 aromatic heterocycles. The van der Waals surface area contributed by atoms with Crippen LogP contribution in [0.2, 0.25) is 0 Å². The molecule has 2 aromatic rings. The van der Waals surface area contributed by atoms with E-state index in [1.165, 1.54) is 0 Å². The average Bonchev–Trinajstić information content (AvgIpc) is 2.86. The van der Waals surface area contributed by atoms with Crippen LogP contribution in [0.3, 0.4) is 0 Å². The summed E-state index contributed by atoms with van der Waals surface area (Å²) in [6, 6.07) is 7.08. The van der Waals surface area contributed by atoms with Crippen LogP contribution in [0.5, 0.6) is 0 Å². The molecule has 0 atom stereocenters. The number of hydrazine groups is 1. The molecule has 0 aliphatic rings. The third-order valence-electron chi connectivity index (χ3n) is 2.84. The number of hydrogen-bond acceptors (Lipinski definition) is 4. The first-order valence-electron chi connectivity index (χ1n) is 6.06. The molecule has 0 spiro atoms. The molecule has 19 heavy (non-hydrogen) atoms. The van der Waals surface area contributed by atoms with E-state index in [4.69, 9.17) is 5.84 Å². The van der Waals surface area contributed by atoms with Crippen LogP contribution < -0.4 is 16.6 Å². The maximum absolute atomic E-state index is 12.1. The summed E-state index contributed by atoms with van der Waals surface area (Å²) in [4.78, 5) is 12.1. The van der Waals surface area contributed by atoms with Crippen LogP contribution >= 0.6 is 0 Å². The summed E-state index contributed by atoms with van der Waals surface area (Å²) in [7, 11) is 0. The van der Waals surface area contributed by atoms with Gasteiger partial charge in [-0.2, -0.15) is 5.10 Å². The van der Waals surface area contributed by atoms with Crippen LogP contribution in [0, 0.1) is 6.92 Å². The van der Waals surface area contributed by atoms with Crippen molar-refractivity contribution in [3.05, 3.63) is 41.6 Å². The molecule has 4 N–H and O–H groups in total. The van der Waals surface area contributed by atoms with Gasteiger partial charge in [-0.25, -0.2) is 0 Å². The summed E-state index contributed by atoms with van der Waals surface area (Å²) >= 11 is 0. The van der Waals surface area contributed by atoms with Gasteiger partial charge in [0.05, 0.1) is 0 Å². The largest absolute Gasteiger partial charge is 0.324 e. The van der Waals surface area contributed by atoms with Gasteiger partial charge in [-0.05, 0) is 37.6 Å². The Kier molecular flexibility index (Phi) is 3.82. The number of rotatable bonds is 4. The van der Waals surface area contributed by atoms with Crippen LogP contribution in [0.4, 0.5) is 11.5 Å². The van der Waals surface area contributed by atoms with Crippen LogP contribution in [-0.4, -0.2) is 15.7 Å². The summed E-state index contributed by atoms with van der Waals surface area (Å²) in [5.74, 6) is 5.69. The Labute approximate surface area is 111 Å². The fourth-order valence-electron chi connectivity index (χ4n) is 1.80. The van der Waals surface area contributed by atoms with E-state index in [-0.39, 0.29) is 5.91 Å². The first-order valence-corrected chi connectivity index (χ1v) is 6.06. The molecule has 0 saturated carbocycles. The van der Waals surface area contributed by atoms with Crippen molar-refractivity contribution < 1.29 is 4.79 Å². The van der Waals surface area contributed by atoms with Crippen molar-refractivity contribution in [2.75, 3.05) is 10.7 Å². The monoisotopic (exact) mass is 259 g/mol. The maximum atomic E-state index is 12.1. The maximum Gasteiger partial charge on any atom is 0.257 e. The molecule has 1 amide bonds. The third kappa shape index (κ3) is 2.92. The van der Waals surface area contributed by atoms with Gasteiger partial charge in [0.15, 0.2) is 5.82 Å². The van der Waals surface area contributed by atoms with Gasteiger partial charge in [-0.3, -0.25) is 15.3 Å². The molecule has 0 bridgehead atoms. The summed E-state index contributed by atoms with van der Waals surface area (Å²) in [5.41, 5.74) is 4.77. The van der Waals surface area contributed by atoms with Crippen LogP contribution in [0.15, 0.2) is 30.5 Å². The van der Waals surface area contributed by atoms with Gasteiger partial charge in [0.1, 0.15) is 0 Å². The van der Waals surface area contributed by atoms with Crippen molar-refractivity contribution in [3.8, 4) is 0 Å². The Morgan fingerprint density at radius 2 is 2.21 bits per heavy atom. The number of hydrogen-bond donors (Lipinski definition) is 3. The molecule has 0 fully saturated rings. The Hall–Kier alpha value is -2.34. The lowest BCUT2D eigenvalue weighted by Gasteiger charge is -2.07. The van der Waals surface area contributed by atoms with Crippen LogP contribution in [-0.2, 0) is 6.54 Å². The van der Waals surface area contributed by atoms with E-state index in [0.717, 1.165) is 17.8 Å². The Balaban J connectivity index is 2.15. The number of carbonyl (C=O) groups excluding carboxylic acids is 1. The Bertz CT molecular complexity index is 590. The molecule has 2 rings (SSSR count). The summed E-state index contributed by atoms with van der Waals surface area (Å²) < 4.78 is 1.75. The van der Waals surface area contributed by atoms with Gasteiger partial charge in [0, 0.05) is 30.1 Å². The Morgan fingerprint density at radius 3 is 2.79 bits per heavy atom. The predicted octanol–water partition coefficient (Wildman–Crippen LogP) is 1.75. The number of amides is 1. The van der Waals surface area contributed by atoms with Crippen molar-refractivity contribution >= 4 is 17.4 Å². The summed E-state index contributed by atoms with van der Waals surface area (Å²) in [5, 5.41) is 6.98. The van der Waals surface area contributed by atoms with E-state index >= 15 is 0 Å². The molecule has 1 aromatic carbocycles. The van der Waals surface area contributed by atoms with Gasteiger partial charge < -0.3 is 10.7 Å². The van der Waals surface area contributed by atoms with Crippen LogP contribution in [0.1, 0.15) is 22.8 Å². The zero-order valence-corrected chi connectivity index (χ0v) is 11.0. The lowest BCUT2D eigenvalue weighted by Crippen LogP contribution is -2.15. The highest BCUT2D eigenvalue weighted by molar-refractivity contribution is 6.05. The van der Waals surface area contributed by atoms with Crippen molar-refractivity contribution in [1.82, 2.24) is 9.78 Å². The number of benzene rings is 1. The topological polar surface area (TPSA) is 85.0 Å². The number of anilines is 2. The molecular formula is C13H17N5O. The van der Waals surface area contributed by atoms with Crippen molar-refractivity contribution in [3.63, 3.8) is 0 Å². The highest BCUT2D eigenvalue weighted by Gasteiger charge is 2.10. The highest BCUT2D eigenvalue weighted by atomic mass is 16.1. The zero-order chi connectivity index (χ0) is 13.8. The number of aromatic nitrogens is 2. The first kappa shape index (κ1) is 13.1. The average molecular weight is 259 g/mol. The van der Waals surface area contributed by atoms with Gasteiger partial charge in [0.25, 0.3) is 5.91 Å². The second-order valence-electron chi connectivity index (χ2n) is 4.18. The molecule has 0 saturated heterocycles. The lowest BCUT2D eigenvalue weighted by molar-refractivity contribution is 0.102. The van der Waals surface area contributed by atoms with Crippen molar-refractivity contribution in [1.29, 1.82) is 0 Å². The van der Waals surface area contributed by atoms with E-state index in [2.05, 4.69) is 15.8 Å². The van der Waals surface area contributed by atoms with Crippen molar-refractivity contribution in [2.45, 2.75) is 20.4 Å². The standard InChI is InChI=1S/C13H17N5O/c1-3-18-7-6-12(17-18)15-13(19)11-5-4-10(16-14)8-9(11)2/h4-8,16H,3,14H2,1-2H3,(H,15,17,19). The normalized spacial score (nSPS) is 10.3. The number of nitrogen functional groups attached to an aromatic ring is 1. The minimum absolute atomic E-state index is 0.178. The molecule has 0 aliphatic heterocycles. The summed E-state index contributed by atoms with van der Waals surface area (Å²) in [6.45, 7) is 4.62. The molecule has 6 nitrogen and oxygen atoms in total. The van der Waals surface area contributed by atoms with Gasteiger partial charge >= 0.3 is 0 Å². The molecule has 1 heterocycles. The lowest BCUT2D eigenvalue weighted by atomic mass is 10.1. The molecule has 0 aliphatic carbocycles. The Morgan fingerprint density at radius 1 is 1.42 bits per heavy atom. The van der Waals surface area contributed by atoms with E-state index in [1.54, 1.807) is 22.9 Å². The van der Waals surface area contributed by atoms with Gasteiger partial charge in [0.2, 0.25) is 0 Å². The minimum atomic E-state index is -0.178. The SMILES string of the molecule is CCn1ccc(NC(=O)c2ccc(NN)cc2C)n1. The zero-order valence-electron chi connectivity index (χ0n) is 11.0. The number of nitrogens with two attached hydrogens (primary N) is 1. The van der Waals surface area contributed by atoms with Crippen molar-refractivity contribution in [2.24, 2.45) is 5.84 Å². The van der Waals surface area contributed by atoms with Gasteiger partial charge in [-0.15, -0.1) is 0 Å². The predicted molar refractivity (Wildman–Crippen MR) is 74.8 cm³/mol. The number of carbonyl (C=O) groups is 1. The van der Waals surface area contributed by atoms with Crippen LogP contribution in [0.25, 0.3) is 0 Å². The first-order chi connectivity index (χ1) is 9.13. The second-order valence-corrected chi connectivity index (χ2v) is 4.18. The molecule has 0 unspecified atom stereocenters. The third-order valence-corrected chi connectivity index (χ3v) is 2.84. The minimum Gasteiger partial charge on any atom is -0.324 e. The number of aryl methyl sites for hydroxylation is 2. The molecular weight excluding hydrogens is 242 g/mol. The number of nitrogens with zero attached hydrogens (tertiary/aromatic N) is 2. The second kappa shape index (κ2) is 5.53. The van der Waals surface area contributed by atoms with Gasteiger partial charge in [-0.1, -0.05) is 0 Å². The van der Waals surface area contributed by atoms with E-state index in [0.29, 0.717) is 11.4 Å². The molecule has 100 valence electrons. The fourth-order valence-corrected chi connectivity index (χ4v) is 1.80. The molecule has 6 heteroatoms. The van der Waals surface area contributed by atoms with E-state index in [9.17, 15) is 4.79 Å². The summed E-state index contributed by atoms with van der Waals surface area (Å²) in [6.07, 6.45) is 1.82. The fraction of sp³-hybridized carbons (Fsp3) is 0.231. The smallest absolute Gasteiger partial charge is 0.257 e. The van der Waals surface area contributed by atoms with E-state index in [1.807, 2.05) is 26.1 Å². The molecule has 0 radical (unpaired) electrons.